The zero-order chi connectivity index (χ0) is 16.9. The Morgan fingerprint density at radius 1 is 1.42 bits per heavy atom. The highest BCUT2D eigenvalue weighted by Crippen LogP contribution is 2.24. The second-order valence-corrected chi connectivity index (χ2v) is 6.87. The maximum Gasteiger partial charge on any atom is 0.231 e. The minimum atomic E-state index is -0.133. The first kappa shape index (κ1) is 17.0. The molecule has 24 heavy (non-hydrogen) atoms. The van der Waals surface area contributed by atoms with Crippen LogP contribution in [0.5, 0.6) is 0 Å². The van der Waals surface area contributed by atoms with Gasteiger partial charge in [0.25, 0.3) is 0 Å². The van der Waals surface area contributed by atoms with E-state index in [4.69, 9.17) is 16.3 Å². The number of nitrogens with zero attached hydrogens (tertiary/aromatic N) is 5. The van der Waals surface area contributed by atoms with Gasteiger partial charge in [-0.05, 0) is 25.0 Å². The number of piperidine rings is 1. The second-order valence-electron chi connectivity index (χ2n) is 5.42. The zero-order valence-corrected chi connectivity index (χ0v) is 14.7. The number of methoxy groups -OCH3 is 1. The summed E-state index contributed by atoms with van der Waals surface area (Å²) in [4.78, 5) is 14.5. The van der Waals surface area contributed by atoms with E-state index in [0.717, 1.165) is 30.2 Å². The van der Waals surface area contributed by atoms with Gasteiger partial charge in [0.1, 0.15) is 11.6 Å². The van der Waals surface area contributed by atoms with Gasteiger partial charge in [-0.3, -0.25) is 4.79 Å². The van der Waals surface area contributed by atoms with E-state index in [2.05, 4.69) is 25.7 Å². The molecule has 1 saturated heterocycles. The normalized spacial score (nSPS) is 17.8. The number of hydrogen-bond donors (Lipinski definition) is 1. The fourth-order valence-electron chi connectivity index (χ4n) is 2.57. The minimum Gasteiger partial charge on any atom is -0.377 e. The molecule has 0 aromatic carbocycles. The number of carbonyl (C=O) groups is 1. The molecule has 8 nitrogen and oxygen atoms in total. The van der Waals surface area contributed by atoms with E-state index in [9.17, 15) is 4.79 Å². The Labute approximate surface area is 148 Å². The van der Waals surface area contributed by atoms with Crippen LogP contribution in [0, 0.1) is 5.92 Å². The first-order valence-corrected chi connectivity index (χ1v) is 8.71. The van der Waals surface area contributed by atoms with Crippen LogP contribution in [0.4, 0.5) is 10.9 Å². The van der Waals surface area contributed by atoms with E-state index in [1.165, 1.54) is 11.3 Å². The van der Waals surface area contributed by atoms with Gasteiger partial charge >= 0.3 is 0 Å². The summed E-state index contributed by atoms with van der Waals surface area (Å²) < 4.78 is 5.00. The first-order valence-electron chi connectivity index (χ1n) is 7.52. The van der Waals surface area contributed by atoms with E-state index in [0.29, 0.717) is 23.4 Å². The highest BCUT2D eigenvalue weighted by molar-refractivity contribution is 7.15. The second kappa shape index (κ2) is 7.82. The van der Waals surface area contributed by atoms with E-state index >= 15 is 0 Å². The Morgan fingerprint density at radius 3 is 3.04 bits per heavy atom. The molecule has 1 N–H and O–H groups in total. The molecule has 0 saturated carbocycles. The average Bonchev–Trinajstić information content (AvgIpc) is 3.03. The van der Waals surface area contributed by atoms with Crippen molar-refractivity contribution in [1.29, 1.82) is 0 Å². The summed E-state index contributed by atoms with van der Waals surface area (Å²) in [6.07, 6.45) is 1.74. The SMILES string of the molecule is COCc1nnc(NC(=O)[C@H]2CCCN(c3ccc(Cl)nn3)C2)s1. The van der Waals surface area contributed by atoms with Crippen molar-refractivity contribution in [3.8, 4) is 0 Å². The van der Waals surface area contributed by atoms with E-state index in [1.54, 1.807) is 13.2 Å². The molecule has 0 radical (unpaired) electrons. The molecule has 0 spiro atoms. The average molecular weight is 369 g/mol. The Balaban J connectivity index is 1.61. The molecular weight excluding hydrogens is 352 g/mol. The first-order chi connectivity index (χ1) is 11.7. The van der Waals surface area contributed by atoms with Crippen LogP contribution < -0.4 is 10.2 Å². The van der Waals surface area contributed by atoms with Crippen LogP contribution in [0.1, 0.15) is 17.8 Å². The monoisotopic (exact) mass is 368 g/mol. The molecule has 0 aliphatic carbocycles. The molecule has 1 amide bonds. The van der Waals surface area contributed by atoms with Gasteiger partial charge < -0.3 is 15.0 Å². The molecule has 128 valence electrons. The van der Waals surface area contributed by atoms with Gasteiger partial charge in [0.05, 0.1) is 5.92 Å². The molecule has 3 rings (SSSR count). The Hall–Kier alpha value is -1.84. The fourth-order valence-corrected chi connectivity index (χ4v) is 3.39. The molecule has 1 fully saturated rings. The number of amides is 1. The van der Waals surface area contributed by atoms with Crippen molar-refractivity contribution in [3.05, 3.63) is 22.3 Å². The van der Waals surface area contributed by atoms with E-state index in [-0.39, 0.29) is 11.8 Å². The van der Waals surface area contributed by atoms with Crippen molar-refractivity contribution in [3.63, 3.8) is 0 Å². The van der Waals surface area contributed by atoms with Gasteiger partial charge in [0, 0.05) is 20.2 Å². The Bertz CT molecular complexity index is 695. The lowest BCUT2D eigenvalue weighted by Crippen LogP contribution is -2.41. The van der Waals surface area contributed by atoms with Crippen molar-refractivity contribution in [2.75, 3.05) is 30.4 Å². The van der Waals surface area contributed by atoms with Gasteiger partial charge in [0.15, 0.2) is 11.0 Å². The molecule has 3 heterocycles. The third-order valence-electron chi connectivity index (χ3n) is 3.70. The molecule has 1 aliphatic rings. The quantitative estimate of drug-likeness (QED) is 0.862. The maximum absolute atomic E-state index is 12.5. The van der Waals surface area contributed by atoms with Crippen LogP contribution in [-0.4, -0.2) is 46.5 Å². The topological polar surface area (TPSA) is 93.1 Å². The van der Waals surface area contributed by atoms with Crippen LogP contribution >= 0.6 is 22.9 Å². The van der Waals surface area contributed by atoms with Gasteiger partial charge in [-0.1, -0.05) is 22.9 Å². The van der Waals surface area contributed by atoms with Crippen molar-refractivity contribution < 1.29 is 9.53 Å². The number of nitrogens with one attached hydrogen (secondary N) is 1. The maximum atomic E-state index is 12.5. The highest BCUT2D eigenvalue weighted by atomic mass is 35.5. The summed E-state index contributed by atoms with van der Waals surface area (Å²) in [5, 5.41) is 20.3. The van der Waals surface area contributed by atoms with Gasteiger partial charge in [-0.15, -0.1) is 20.4 Å². The molecular formula is C14H17ClN6O2S. The lowest BCUT2D eigenvalue weighted by molar-refractivity contribution is -0.120. The summed E-state index contributed by atoms with van der Waals surface area (Å²) in [7, 11) is 1.59. The molecule has 0 bridgehead atoms. The van der Waals surface area contributed by atoms with Crippen molar-refractivity contribution in [2.24, 2.45) is 5.92 Å². The molecule has 10 heteroatoms. The van der Waals surface area contributed by atoms with Gasteiger partial charge in [-0.25, -0.2) is 0 Å². The van der Waals surface area contributed by atoms with Crippen molar-refractivity contribution >= 4 is 39.8 Å². The predicted molar refractivity (Wildman–Crippen MR) is 91.2 cm³/mol. The van der Waals surface area contributed by atoms with E-state index < -0.39 is 0 Å². The predicted octanol–water partition coefficient (Wildman–Crippen LogP) is 1.98. The van der Waals surface area contributed by atoms with Gasteiger partial charge in [-0.2, -0.15) is 0 Å². The Morgan fingerprint density at radius 2 is 2.29 bits per heavy atom. The number of rotatable bonds is 5. The number of anilines is 2. The number of carbonyl (C=O) groups excluding carboxylic acids is 1. The van der Waals surface area contributed by atoms with Crippen molar-refractivity contribution in [1.82, 2.24) is 20.4 Å². The van der Waals surface area contributed by atoms with Crippen LogP contribution in [0.2, 0.25) is 5.15 Å². The summed E-state index contributed by atoms with van der Waals surface area (Å²) in [5.74, 6) is 0.544. The lowest BCUT2D eigenvalue weighted by Gasteiger charge is -2.32. The largest absolute Gasteiger partial charge is 0.377 e. The standard InChI is InChI=1S/C14H17ClN6O2S/c1-23-8-12-19-20-14(24-12)16-13(22)9-3-2-6-21(7-9)11-5-4-10(15)17-18-11/h4-5,9H,2-3,6-8H2,1H3,(H,16,20,22)/t9-/m0/s1. The molecule has 0 unspecified atom stereocenters. The summed E-state index contributed by atoms with van der Waals surface area (Å²) in [6.45, 7) is 1.82. The number of hydrogen-bond acceptors (Lipinski definition) is 8. The number of halogens is 1. The van der Waals surface area contributed by atoms with Gasteiger partial charge in [0.2, 0.25) is 11.0 Å². The Kier molecular flexibility index (Phi) is 5.54. The van der Waals surface area contributed by atoms with Crippen molar-refractivity contribution in [2.45, 2.75) is 19.4 Å². The molecule has 2 aromatic rings. The molecule has 1 atom stereocenters. The third-order valence-corrected chi connectivity index (χ3v) is 4.71. The highest BCUT2D eigenvalue weighted by Gasteiger charge is 2.27. The zero-order valence-electron chi connectivity index (χ0n) is 13.1. The van der Waals surface area contributed by atoms with E-state index in [1.807, 2.05) is 11.0 Å². The summed E-state index contributed by atoms with van der Waals surface area (Å²) >= 11 is 7.09. The van der Waals surface area contributed by atoms with Crippen LogP contribution in [0.25, 0.3) is 0 Å². The smallest absolute Gasteiger partial charge is 0.231 e. The van der Waals surface area contributed by atoms with Crippen LogP contribution in [0.3, 0.4) is 0 Å². The van der Waals surface area contributed by atoms with Crippen LogP contribution in [-0.2, 0) is 16.1 Å². The lowest BCUT2D eigenvalue weighted by atomic mass is 9.97. The summed E-state index contributed by atoms with van der Waals surface area (Å²) in [5.41, 5.74) is 0. The number of aromatic nitrogens is 4. The summed E-state index contributed by atoms with van der Waals surface area (Å²) in [6, 6.07) is 3.52. The molecule has 2 aromatic heterocycles. The number of ether oxygens (including phenoxy) is 1. The fraction of sp³-hybridized carbons (Fsp3) is 0.500. The van der Waals surface area contributed by atoms with Crippen LogP contribution in [0.15, 0.2) is 12.1 Å². The minimum absolute atomic E-state index is 0.0539. The molecule has 1 aliphatic heterocycles. The third kappa shape index (κ3) is 4.16.